The average molecular weight is 368 g/mol. The molecule has 0 aromatic carbocycles. The predicted molar refractivity (Wildman–Crippen MR) is 95.0 cm³/mol. The van der Waals surface area contributed by atoms with Crippen LogP contribution >= 0.6 is 11.6 Å². The van der Waals surface area contributed by atoms with E-state index in [0.717, 1.165) is 62.6 Å². The molecule has 0 bridgehead atoms. The number of ether oxygens (including phenoxy) is 2. The van der Waals surface area contributed by atoms with E-state index in [4.69, 9.17) is 21.1 Å². The Hall–Kier alpha value is -1.24. The highest BCUT2D eigenvalue weighted by molar-refractivity contribution is 6.28. The van der Waals surface area contributed by atoms with Crippen LogP contribution in [-0.4, -0.2) is 48.3 Å². The van der Waals surface area contributed by atoms with E-state index in [2.05, 4.69) is 15.3 Å². The number of nitrogens with one attached hydrogen (secondary N) is 1. The summed E-state index contributed by atoms with van der Waals surface area (Å²) in [6.07, 6.45) is 7.92. The van der Waals surface area contributed by atoms with Crippen LogP contribution in [0.2, 0.25) is 5.28 Å². The minimum Gasteiger partial charge on any atom is -0.382 e. The second-order valence-corrected chi connectivity index (χ2v) is 7.12. The second kappa shape index (κ2) is 8.92. The molecule has 7 heteroatoms. The Labute approximate surface area is 153 Å². The van der Waals surface area contributed by atoms with Gasteiger partial charge in [0.25, 0.3) is 5.91 Å². The third kappa shape index (κ3) is 4.90. The van der Waals surface area contributed by atoms with Crippen LogP contribution in [0, 0.1) is 0 Å². The van der Waals surface area contributed by atoms with Crippen molar-refractivity contribution in [3.63, 3.8) is 0 Å². The van der Waals surface area contributed by atoms with Gasteiger partial charge in [0.1, 0.15) is 5.69 Å². The van der Waals surface area contributed by atoms with Crippen molar-refractivity contribution in [1.82, 2.24) is 15.3 Å². The molecule has 3 rings (SSSR count). The fraction of sp³-hybridized carbons (Fsp3) is 0.722. The molecule has 0 spiro atoms. The summed E-state index contributed by atoms with van der Waals surface area (Å²) < 4.78 is 10.8. The molecule has 2 aliphatic carbocycles. The molecule has 1 fully saturated rings. The van der Waals surface area contributed by atoms with E-state index in [-0.39, 0.29) is 23.3 Å². The summed E-state index contributed by atoms with van der Waals surface area (Å²) >= 11 is 6.02. The molecule has 1 heterocycles. The summed E-state index contributed by atoms with van der Waals surface area (Å²) in [6, 6.07) is 0.169. The number of amides is 1. The first-order valence-corrected chi connectivity index (χ1v) is 9.52. The minimum absolute atomic E-state index is 0.119. The van der Waals surface area contributed by atoms with Gasteiger partial charge >= 0.3 is 0 Å². The first kappa shape index (κ1) is 18.5. The van der Waals surface area contributed by atoms with E-state index in [0.29, 0.717) is 18.9 Å². The van der Waals surface area contributed by atoms with Crippen molar-refractivity contribution < 1.29 is 14.3 Å². The SMILES string of the molecule is COCCOC1CCC(NC(=O)c2nc(Cl)nc3c2CCCC3)CC1. The molecule has 0 unspecified atom stereocenters. The lowest BCUT2D eigenvalue weighted by Gasteiger charge is -2.29. The molecule has 0 aliphatic heterocycles. The number of halogens is 1. The summed E-state index contributed by atoms with van der Waals surface area (Å²) in [5, 5.41) is 3.30. The molecular formula is C18H26ClN3O3. The highest BCUT2D eigenvalue weighted by Crippen LogP contribution is 2.25. The summed E-state index contributed by atoms with van der Waals surface area (Å²) in [5.74, 6) is -0.119. The van der Waals surface area contributed by atoms with Gasteiger partial charge in [-0.2, -0.15) is 0 Å². The van der Waals surface area contributed by atoms with Crippen LogP contribution in [0.1, 0.15) is 60.3 Å². The quantitative estimate of drug-likeness (QED) is 0.618. The molecule has 6 nitrogen and oxygen atoms in total. The predicted octanol–water partition coefficient (Wildman–Crippen LogP) is 2.71. The molecule has 0 saturated heterocycles. The van der Waals surface area contributed by atoms with Crippen LogP contribution < -0.4 is 5.32 Å². The molecule has 0 atom stereocenters. The average Bonchev–Trinajstić information content (AvgIpc) is 2.62. The van der Waals surface area contributed by atoms with Gasteiger partial charge in [-0.3, -0.25) is 4.79 Å². The van der Waals surface area contributed by atoms with Crippen LogP contribution in [0.15, 0.2) is 0 Å². The first-order chi connectivity index (χ1) is 12.2. The molecule has 1 aromatic rings. The number of carbonyl (C=O) groups is 1. The molecule has 0 radical (unpaired) electrons. The van der Waals surface area contributed by atoms with E-state index < -0.39 is 0 Å². The van der Waals surface area contributed by atoms with E-state index >= 15 is 0 Å². The topological polar surface area (TPSA) is 73.3 Å². The van der Waals surface area contributed by atoms with E-state index in [1.807, 2.05) is 0 Å². The monoisotopic (exact) mass is 367 g/mol. The van der Waals surface area contributed by atoms with E-state index in [1.165, 1.54) is 0 Å². The maximum atomic E-state index is 12.7. The van der Waals surface area contributed by atoms with Crippen molar-refractivity contribution in [2.45, 2.75) is 63.5 Å². The van der Waals surface area contributed by atoms with Crippen molar-refractivity contribution >= 4 is 17.5 Å². The largest absolute Gasteiger partial charge is 0.382 e. The highest BCUT2D eigenvalue weighted by Gasteiger charge is 2.26. The van der Waals surface area contributed by atoms with E-state index in [1.54, 1.807) is 7.11 Å². The van der Waals surface area contributed by atoms with Crippen LogP contribution in [0.3, 0.4) is 0 Å². The van der Waals surface area contributed by atoms with Gasteiger partial charge in [0.05, 0.1) is 19.3 Å². The second-order valence-electron chi connectivity index (χ2n) is 6.78. The third-order valence-electron chi connectivity index (χ3n) is 5.02. The molecule has 1 aromatic heterocycles. The molecule has 1 N–H and O–H groups in total. The van der Waals surface area contributed by atoms with Crippen molar-refractivity contribution in [1.29, 1.82) is 0 Å². The van der Waals surface area contributed by atoms with Gasteiger partial charge in [-0.05, 0) is 63.0 Å². The maximum Gasteiger partial charge on any atom is 0.270 e. The van der Waals surface area contributed by atoms with Gasteiger partial charge in [-0.15, -0.1) is 0 Å². The van der Waals surface area contributed by atoms with Crippen molar-refractivity contribution in [2.24, 2.45) is 0 Å². The summed E-state index contributed by atoms with van der Waals surface area (Å²) in [5.41, 5.74) is 2.38. The summed E-state index contributed by atoms with van der Waals surface area (Å²) in [6.45, 7) is 1.25. The number of nitrogens with zero attached hydrogens (tertiary/aromatic N) is 2. The van der Waals surface area contributed by atoms with Crippen LogP contribution in [0.5, 0.6) is 0 Å². The van der Waals surface area contributed by atoms with Crippen LogP contribution in [0.4, 0.5) is 0 Å². The number of aromatic nitrogens is 2. The number of hydrogen-bond acceptors (Lipinski definition) is 5. The van der Waals surface area contributed by atoms with Crippen LogP contribution in [-0.2, 0) is 22.3 Å². The highest BCUT2D eigenvalue weighted by atomic mass is 35.5. The fourth-order valence-corrected chi connectivity index (χ4v) is 3.86. The minimum atomic E-state index is -0.119. The Morgan fingerprint density at radius 3 is 2.68 bits per heavy atom. The molecule has 1 amide bonds. The smallest absolute Gasteiger partial charge is 0.270 e. The number of hydrogen-bond donors (Lipinski definition) is 1. The Morgan fingerprint density at radius 2 is 1.92 bits per heavy atom. The lowest BCUT2D eigenvalue weighted by molar-refractivity contribution is -0.00409. The Bertz CT molecular complexity index is 603. The van der Waals surface area contributed by atoms with Gasteiger partial charge in [0.15, 0.2) is 0 Å². The number of fused-ring (bicyclic) bond motifs is 1. The van der Waals surface area contributed by atoms with Gasteiger partial charge in [-0.25, -0.2) is 9.97 Å². The van der Waals surface area contributed by atoms with Gasteiger partial charge in [0.2, 0.25) is 5.28 Å². The zero-order chi connectivity index (χ0) is 17.6. The normalized spacial score (nSPS) is 23.1. The maximum absolute atomic E-state index is 12.7. The number of rotatable bonds is 6. The molecule has 25 heavy (non-hydrogen) atoms. The number of methoxy groups -OCH3 is 1. The lowest BCUT2D eigenvalue weighted by Crippen LogP contribution is -2.40. The third-order valence-corrected chi connectivity index (χ3v) is 5.19. The zero-order valence-electron chi connectivity index (χ0n) is 14.7. The Morgan fingerprint density at radius 1 is 1.16 bits per heavy atom. The number of carbonyl (C=O) groups excluding carboxylic acids is 1. The zero-order valence-corrected chi connectivity index (χ0v) is 15.5. The summed E-state index contributed by atoms with van der Waals surface area (Å²) in [7, 11) is 1.67. The van der Waals surface area contributed by atoms with Crippen molar-refractivity contribution in [2.75, 3.05) is 20.3 Å². The first-order valence-electron chi connectivity index (χ1n) is 9.14. The van der Waals surface area contributed by atoms with Crippen LogP contribution in [0.25, 0.3) is 0 Å². The fourth-order valence-electron chi connectivity index (χ4n) is 3.68. The summed E-state index contributed by atoms with van der Waals surface area (Å²) in [4.78, 5) is 21.2. The van der Waals surface area contributed by atoms with Gasteiger partial charge < -0.3 is 14.8 Å². The van der Waals surface area contributed by atoms with Gasteiger partial charge in [0, 0.05) is 24.4 Å². The molecular weight excluding hydrogens is 342 g/mol. The van der Waals surface area contributed by atoms with E-state index in [9.17, 15) is 4.79 Å². The number of aryl methyl sites for hydroxylation is 1. The lowest BCUT2D eigenvalue weighted by atomic mass is 9.92. The van der Waals surface area contributed by atoms with Crippen molar-refractivity contribution in [3.05, 3.63) is 22.2 Å². The Balaban J connectivity index is 1.56. The molecule has 1 saturated carbocycles. The van der Waals surface area contributed by atoms with Gasteiger partial charge in [-0.1, -0.05) is 0 Å². The standard InChI is InChI=1S/C18H26ClN3O3/c1-24-10-11-25-13-8-6-12(7-9-13)20-17(23)16-14-4-2-3-5-15(14)21-18(19)22-16/h12-13H,2-11H2,1H3,(H,20,23). The molecule has 2 aliphatic rings. The van der Waals surface area contributed by atoms with Crippen molar-refractivity contribution in [3.8, 4) is 0 Å². The molecule has 138 valence electrons. The Kier molecular flexibility index (Phi) is 6.62.